The highest BCUT2D eigenvalue weighted by molar-refractivity contribution is 7.32. The van der Waals surface area contributed by atoms with Crippen LogP contribution in [0.4, 0.5) is 0 Å². The highest BCUT2D eigenvalue weighted by atomic mass is 31.1. The molecule has 1 atom stereocenters. The van der Waals surface area contributed by atoms with Gasteiger partial charge in [0.25, 0.3) is 0 Å². The average molecular weight is 202 g/mol. The maximum Gasteiger partial charge on any atom is 0.316 e. The Hall–Kier alpha value is -0.830. The Labute approximate surface area is 77.1 Å². The quantitative estimate of drug-likeness (QED) is 0.753. The SMILES string of the molecule is COc1cccc(CO[PH](=O)O)c1. The van der Waals surface area contributed by atoms with Gasteiger partial charge in [-0.05, 0) is 17.7 Å². The number of hydrogen-bond acceptors (Lipinski definition) is 3. The van der Waals surface area contributed by atoms with Crippen LogP contribution in [-0.4, -0.2) is 12.0 Å². The van der Waals surface area contributed by atoms with E-state index in [1.807, 2.05) is 0 Å². The lowest BCUT2D eigenvalue weighted by Gasteiger charge is -2.03. The highest BCUT2D eigenvalue weighted by Gasteiger charge is 1.97. The third-order valence-corrected chi connectivity index (χ3v) is 1.89. The van der Waals surface area contributed by atoms with E-state index >= 15 is 0 Å². The van der Waals surface area contributed by atoms with E-state index in [-0.39, 0.29) is 6.61 Å². The molecule has 4 nitrogen and oxygen atoms in total. The Kier molecular flexibility index (Phi) is 3.96. The summed E-state index contributed by atoms with van der Waals surface area (Å²) in [6.45, 7) is 0.130. The molecule has 72 valence electrons. The smallest absolute Gasteiger partial charge is 0.316 e. The molecule has 1 unspecified atom stereocenters. The minimum atomic E-state index is -2.84. The van der Waals surface area contributed by atoms with Crippen LogP contribution in [0.1, 0.15) is 5.56 Å². The third kappa shape index (κ3) is 3.59. The standard InChI is InChI=1S/C8H11O4P/c1-11-8-4-2-3-7(5-8)6-12-13(9)10/h2-5,13H,6H2,1H3,(H,9,10). The molecule has 0 spiro atoms. The molecule has 13 heavy (non-hydrogen) atoms. The summed E-state index contributed by atoms with van der Waals surface area (Å²) in [5, 5.41) is 0. The fourth-order valence-electron chi connectivity index (χ4n) is 0.907. The number of benzene rings is 1. The van der Waals surface area contributed by atoms with Crippen molar-refractivity contribution in [3.8, 4) is 5.75 Å². The zero-order valence-corrected chi connectivity index (χ0v) is 8.19. The highest BCUT2D eigenvalue weighted by Crippen LogP contribution is 2.20. The molecule has 1 aromatic carbocycles. The minimum Gasteiger partial charge on any atom is -0.497 e. The van der Waals surface area contributed by atoms with E-state index in [0.29, 0.717) is 5.75 Å². The summed E-state index contributed by atoms with van der Waals surface area (Å²) in [5.74, 6) is 0.707. The molecule has 1 rings (SSSR count). The van der Waals surface area contributed by atoms with E-state index in [1.165, 1.54) is 0 Å². The van der Waals surface area contributed by atoms with Crippen molar-refractivity contribution in [2.75, 3.05) is 7.11 Å². The molecule has 1 N–H and O–H groups in total. The predicted molar refractivity (Wildman–Crippen MR) is 49.0 cm³/mol. The lowest BCUT2D eigenvalue weighted by Crippen LogP contribution is -1.88. The first-order chi connectivity index (χ1) is 6.22. The Bertz CT molecular complexity index is 300. The number of hydrogen-bond donors (Lipinski definition) is 1. The van der Waals surface area contributed by atoms with Crippen molar-refractivity contribution < 1.29 is 18.7 Å². The summed E-state index contributed by atoms with van der Waals surface area (Å²) >= 11 is 0. The van der Waals surface area contributed by atoms with Crippen LogP contribution in [0.25, 0.3) is 0 Å². The fraction of sp³-hybridized carbons (Fsp3) is 0.250. The van der Waals surface area contributed by atoms with Crippen molar-refractivity contribution in [2.45, 2.75) is 6.61 Å². The van der Waals surface area contributed by atoms with Crippen molar-refractivity contribution in [1.29, 1.82) is 0 Å². The number of ether oxygens (including phenoxy) is 1. The van der Waals surface area contributed by atoms with Gasteiger partial charge in [-0.15, -0.1) is 0 Å². The lowest BCUT2D eigenvalue weighted by atomic mass is 10.2. The molecule has 0 aromatic heterocycles. The summed E-state index contributed by atoms with van der Waals surface area (Å²) < 4.78 is 19.8. The molecule has 5 heteroatoms. The van der Waals surface area contributed by atoms with Crippen molar-refractivity contribution in [3.63, 3.8) is 0 Å². The largest absolute Gasteiger partial charge is 0.497 e. The zero-order valence-electron chi connectivity index (χ0n) is 7.19. The first-order valence-electron chi connectivity index (χ1n) is 3.71. The van der Waals surface area contributed by atoms with Gasteiger partial charge < -0.3 is 14.2 Å². The van der Waals surface area contributed by atoms with Crippen LogP contribution in [-0.2, 0) is 15.7 Å². The van der Waals surface area contributed by atoms with E-state index in [0.717, 1.165) is 5.56 Å². The summed E-state index contributed by atoms with van der Waals surface area (Å²) in [5.41, 5.74) is 0.812. The second kappa shape index (κ2) is 5.02. The van der Waals surface area contributed by atoms with E-state index in [2.05, 4.69) is 4.52 Å². The molecule has 0 saturated carbocycles. The van der Waals surface area contributed by atoms with Gasteiger partial charge in [-0.25, -0.2) is 0 Å². The number of rotatable bonds is 4. The van der Waals surface area contributed by atoms with E-state index in [9.17, 15) is 4.57 Å². The van der Waals surface area contributed by atoms with Crippen LogP contribution in [0.3, 0.4) is 0 Å². The second-order valence-electron chi connectivity index (χ2n) is 2.41. The third-order valence-electron chi connectivity index (χ3n) is 1.50. The second-order valence-corrected chi connectivity index (χ2v) is 3.23. The minimum absolute atomic E-state index is 0.130. The van der Waals surface area contributed by atoms with Crippen LogP contribution in [0.15, 0.2) is 24.3 Å². The molecule has 0 bridgehead atoms. The zero-order chi connectivity index (χ0) is 9.68. The van der Waals surface area contributed by atoms with Gasteiger partial charge in [0.15, 0.2) is 0 Å². The summed E-state index contributed by atoms with van der Waals surface area (Å²) in [4.78, 5) is 8.43. The molecule has 0 saturated heterocycles. The van der Waals surface area contributed by atoms with Crippen LogP contribution >= 0.6 is 8.25 Å². The Balaban J connectivity index is 2.61. The van der Waals surface area contributed by atoms with Gasteiger partial charge in [-0.2, -0.15) is 0 Å². The van der Waals surface area contributed by atoms with Gasteiger partial charge in [-0.3, -0.25) is 4.57 Å². The van der Waals surface area contributed by atoms with E-state index < -0.39 is 8.25 Å². The van der Waals surface area contributed by atoms with E-state index in [4.69, 9.17) is 9.63 Å². The van der Waals surface area contributed by atoms with Gasteiger partial charge in [0.1, 0.15) is 5.75 Å². The van der Waals surface area contributed by atoms with Gasteiger partial charge in [0.2, 0.25) is 0 Å². The fourth-order valence-corrected chi connectivity index (χ4v) is 1.20. The molecule has 0 heterocycles. The summed E-state index contributed by atoms with van der Waals surface area (Å²) in [7, 11) is -1.28. The molecule has 0 aliphatic heterocycles. The van der Waals surface area contributed by atoms with Crippen molar-refractivity contribution >= 4 is 8.25 Å². The summed E-state index contributed by atoms with van der Waals surface area (Å²) in [6, 6.07) is 7.15. The Morgan fingerprint density at radius 1 is 1.54 bits per heavy atom. The van der Waals surface area contributed by atoms with Crippen LogP contribution in [0.5, 0.6) is 5.75 Å². The van der Waals surface area contributed by atoms with Gasteiger partial charge in [-0.1, -0.05) is 12.1 Å². The molecule has 1 aromatic rings. The van der Waals surface area contributed by atoms with E-state index in [1.54, 1.807) is 31.4 Å². The monoisotopic (exact) mass is 202 g/mol. The first-order valence-corrected chi connectivity index (χ1v) is 4.97. The molecule has 0 aliphatic rings. The topological polar surface area (TPSA) is 55.8 Å². The summed E-state index contributed by atoms with van der Waals surface area (Å²) in [6.07, 6.45) is 0. The Morgan fingerprint density at radius 3 is 2.92 bits per heavy atom. The molecule has 0 aliphatic carbocycles. The maximum absolute atomic E-state index is 10.3. The predicted octanol–water partition coefficient (Wildman–Crippen LogP) is 1.59. The number of methoxy groups -OCH3 is 1. The van der Waals surface area contributed by atoms with Gasteiger partial charge in [0, 0.05) is 0 Å². The average Bonchev–Trinajstić information content (AvgIpc) is 2.15. The molecule has 0 amide bonds. The van der Waals surface area contributed by atoms with Crippen LogP contribution in [0.2, 0.25) is 0 Å². The lowest BCUT2D eigenvalue weighted by molar-refractivity contribution is 0.272. The van der Waals surface area contributed by atoms with Gasteiger partial charge in [0.05, 0.1) is 13.7 Å². The van der Waals surface area contributed by atoms with Crippen molar-refractivity contribution in [3.05, 3.63) is 29.8 Å². The van der Waals surface area contributed by atoms with Gasteiger partial charge >= 0.3 is 8.25 Å². The maximum atomic E-state index is 10.3. The first kappa shape index (κ1) is 10.3. The normalized spacial score (nSPS) is 12.5. The molecule has 0 radical (unpaired) electrons. The molecular weight excluding hydrogens is 191 g/mol. The molecular formula is C8H11O4P. The van der Waals surface area contributed by atoms with Crippen molar-refractivity contribution in [1.82, 2.24) is 0 Å². The van der Waals surface area contributed by atoms with Crippen molar-refractivity contribution in [2.24, 2.45) is 0 Å². The Morgan fingerprint density at radius 2 is 2.31 bits per heavy atom. The van der Waals surface area contributed by atoms with Crippen LogP contribution in [0, 0.1) is 0 Å². The van der Waals surface area contributed by atoms with Crippen LogP contribution < -0.4 is 4.74 Å². The molecule has 0 fully saturated rings.